The number of hydrogen-bond donors (Lipinski definition) is 1. The SMILES string of the molecule is C1CN1.[AsH3]. The van der Waals surface area contributed by atoms with E-state index in [1.54, 1.807) is 0 Å². The molecule has 1 rings (SSSR count). The van der Waals surface area contributed by atoms with E-state index in [1.165, 1.54) is 13.1 Å². The number of hydrogen-bond acceptors (Lipinski definition) is 1. The molecule has 0 radical (unpaired) electrons. The van der Waals surface area contributed by atoms with Gasteiger partial charge in [0.1, 0.15) is 0 Å². The molecule has 0 spiro atoms. The van der Waals surface area contributed by atoms with Crippen molar-refractivity contribution < 1.29 is 0 Å². The van der Waals surface area contributed by atoms with Gasteiger partial charge >= 0.3 is 18.0 Å². The Bertz CT molecular complexity index is 10.8. The van der Waals surface area contributed by atoms with E-state index in [1.807, 2.05) is 0 Å². The molecule has 1 N–H and O–H groups in total. The molecule has 1 atom stereocenters. The predicted molar refractivity (Wildman–Crippen MR) is 22.8 cm³/mol. The fraction of sp³-hybridized carbons (Fsp3) is 1.00. The molecule has 1 unspecified atom stereocenters. The van der Waals surface area contributed by atoms with E-state index in [4.69, 9.17) is 0 Å². The van der Waals surface area contributed by atoms with E-state index >= 15 is 0 Å². The summed E-state index contributed by atoms with van der Waals surface area (Å²) < 4.78 is 0. The molecule has 1 nitrogen and oxygen atoms in total. The zero-order valence-electron chi connectivity index (χ0n) is 2.62. The Morgan fingerprint density at radius 2 is 1.50 bits per heavy atom. The van der Waals surface area contributed by atoms with Gasteiger partial charge in [-0.3, -0.25) is 0 Å². The van der Waals surface area contributed by atoms with Gasteiger partial charge in [-0.25, -0.2) is 0 Å². The molecule has 0 aliphatic carbocycles. The monoisotopic (exact) mass is 121 g/mol. The average Bonchev–Trinajstić information content (AvgIpc) is 1.46. The molecule has 4 heavy (non-hydrogen) atoms. The third-order valence-corrected chi connectivity index (χ3v) is 0.250. The quantitative estimate of drug-likeness (QED) is 0.303. The Hall–Kier alpha value is 0.518. The fourth-order valence-electron chi connectivity index (χ4n) is 0. The van der Waals surface area contributed by atoms with Crippen LogP contribution in [0.2, 0.25) is 0 Å². The van der Waals surface area contributed by atoms with Crippen molar-refractivity contribution in [2.75, 3.05) is 13.1 Å². The average molecular weight is 121 g/mol. The molecule has 1 aliphatic heterocycles. The van der Waals surface area contributed by atoms with Crippen LogP contribution in [-0.2, 0) is 0 Å². The van der Waals surface area contributed by atoms with Crippen molar-refractivity contribution in [1.82, 2.24) is 5.32 Å². The van der Waals surface area contributed by atoms with Crippen LogP contribution in [0.25, 0.3) is 0 Å². The summed E-state index contributed by atoms with van der Waals surface area (Å²) in [4.78, 5) is 0. The van der Waals surface area contributed by atoms with Crippen LogP contribution >= 0.6 is 0 Å². The Kier molecular flexibility index (Phi) is 2.04. The molecule has 1 aliphatic rings. The van der Waals surface area contributed by atoms with Gasteiger partial charge in [0.25, 0.3) is 0 Å². The van der Waals surface area contributed by atoms with Crippen LogP contribution in [-0.4, -0.2) is 31.0 Å². The number of nitrogens with one attached hydrogen (secondary N) is 1. The second-order valence-corrected chi connectivity index (χ2v) is 0.750. The van der Waals surface area contributed by atoms with Gasteiger partial charge in [0.05, 0.1) is 0 Å². The van der Waals surface area contributed by atoms with Crippen LogP contribution in [0.5, 0.6) is 0 Å². The molecule has 1 saturated heterocycles. The first-order chi connectivity index (χ1) is 1.50. The Morgan fingerprint density at radius 1 is 1.25 bits per heavy atom. The topological polar surface area (TPSA) is 21.9 Å². The third kappa shape index (κ3) is 2.52. The van der Waals surface area contributed by atoms with Gasteiger partial charge in [-0.2, -0.15) is 0 Å². The van der Waals surface area contributed by atoms with Gasteiger partial charge in [-0.05, 0) is 0 Å². The number of rotatable bonds is 0. The minimum atomic E-state index is 0. The fourth-order valence-corrected chi connectivity index (χ4v) is 0. The van der Waals surface area contributed by atoms with Crippen molar-refractivity contribution in [2.45, 2.75) is 0 Å². The van der Waals surface area contributed by atoms with E-state index in [-0.39, 0.29) is 18.0 Å². The maximum atomic E-state index is 3.00. The van der Waals surface area contributed by atoms with Gasteiger partial charge in [0, 0.05) is 13.1 Å². The molecule has 2 heteroatoms. The van der Waals surface area contributed by atoms with Crippen LogP contribution in [0.4, 0.5) is 0 Å². The Labute approximate surface area is 37.1 Å². The molecule has 0 amide bonds. The molecule has 0 aromatic carbocycles. The normalized spacial score (nSPS) is 18.0. The molecule has 26 valence electrons. The van der Waals surface area contributed by atoms with Crippen molar-refractivity contribution in [1.29, 1.82) is 0 Å². The second kappa shape index (κ2) is 1.80. The van der Waals surface area contributed by atoms with Crippen LogP contribution in [0.15, 0.2) is 0 Å². The molecule has 1 fully saturated rings. The molecular weight excluding hydrogens is 113 g/mol. The summed E-state index contributed by atoms with van der Waals surface area (Å²) in [6.45, 7) is 2.50. The summed E-state index contributed by atoms with van der Waals surface area (Å²) in [6, 6.07) is 0. The molecule has 0 aromatic heterocycles. The first-order valence-electron chi connectivity index (χ1n) is 1.21. The van der Waals surface area contributed by atoms with Crippen molar-refractivity contribution in [3.8, 4) is 0 Å². The molecule has 0 saturated carbocycles. The zero-order valence-corrected chi connectivity index (χ0v) is 5.59. The summed E-state index contributed by atoms with van der Waals surface area (Å²) in [5, 5.41) is 3.00. The van der Waals surface area contributed by atoms with Gasteiger partial charge in [-0.1, -0.05) is 0 Å². The van der Waals surface area contributed by atoms with Crippen LogP contribution < -0.4 is 5.32 Å². The van der Waals surface area contributed by atoms with Crippen molar-refractivity contribution in [3.05, 3.63) is 0 Å². The van der Waals surface area contributed by atoms with E-state index in [0.29, 0.717) is 0 Å². The Balaban J connectivity index is 0.0000000900. The van der Waals surface area contributed by atoms with Crippen molar-refractivity contribution >= 4 is 18.0 Å². The molecule has 0 aromatic rings. The Morgan fingerprint density at radius 3 is 1.50 bits per heavy atom. The van der Waals surface area contributed by atoms with E-state index in [0.717, 1.165) is 0 Å². The van der Waals surface area contributed by atoms with Gasteiger partial charge < -0.3 is 5.32 Å². The summed E-state index contributed by atoms with van der Waals surface area (Å²) in [5.41, 5.74) is 0. The van der Waals surface area contributed by atoms with E-state index in [9.17, 15) is 0 Å². The molecule has 1 heterocycles. The first kappa shape index (κ1) is 4.52. The maximum absolute atomic E-state index is 3.00. The minimum absolute atomic E-state index is 0. The summed E-state index contributed by atoms with van der Waals surface area (Å²) >= 11 is 0. The molecular formula is C2H8AsN. The zero-order chi connectivity index (χ0) is 2.12. The van der Waals surface area contributed by atoms with Gasteiger partial charge in [-0.15, -0.1) is 0 Å². The van der Waals surface area contributed by atoms with Gasteiger partial charge in [0.2, 0.25) is 0 Å². The van der Waals surface area contributed by atoms with Crippen LogP contribution in [0, 0.1) is 0 Å². The predicted octanol–water partition coefficient (Wildman–Crippen LogP) is -1.59. The molecule has 0 bridgehead atoms. The summed E-state index contributed by atoms with van der Waals surface area (Å²) in [7, 11) is 0. The summed E-state index contributed by atoms with van der Waals surface area (Å²) in [5.74, 6) is 0. The third-order valence-electron chi connectivity index (χ3n) is 0.250. The van der Waals surface area contributed by atoms with Crippen LogP contribution in [0.1, 0.15) is 0 Å². The summed E-state index contributed by atoms with van der Waals surface area (Å²) in [6.07, 6.45) is 0. The van der Waals surface area contributed by atoms with E-state index in [2.05, 4.69) is 5.32 Å². The van der Waals surface area contributed by atoms with E-state index < -0.39 is 0 Å². The van der Waals surface area contributed by atoms with Crippen LogP contribution in [0.3, 0.4) is 0 Å². The van der Waals surface area contributed by atoms with Crippen molar-refractivity contribution in [2.24, 2.45) is 0 Å². The second-order valence-electron chi connectivity index (χ2n) is 0.750. The van der Waals surface area contributed by atoms with Crippen molar-refractivity contribution in [3.63, 3.8) is 0 Å². The van der Waals surface area contributed by atoms with Gasteiger partial charge in [0.15, 0.2) is 0 Å². The first-order valence-corrected chi connectivity index (χ1v) is 1.21. The standard InChI is InChI=1S/C2H5N.AsH3/c1-2-3-1;/h3H,1-2H2;1H3.